The molecule has 0 aromatic heterocycles. The Morgan fingerprint density at radius 2 is 1.80 bits per heavy atom. The summed E-state index contributed by atoms with van der Waals surface area (Å²) in [5.41, 5.74) is -1.41. The first kappa shape index (κ1) is 10.9. The van der Waals surface area contributed by atoms with Crippen LogP contribution in [0.15, 0.2) is 0 Å². The van der Waals surface area contributed by atoms with E-state index in [1.54, 1.807) is 0 Å². The third-order valence-corrected chi connectivity index (χ3v) is 4.03. The number of ether oxygens (including phenoxy) is 1. The lowest BCUT2D eigenvalue weighted by molar-refractivity contribution is -0.164. The number of piperidine rings is 1. The summed E-state index contributed by atoms with van der Waals surface area (Å²) in [5.74, 6) is -0.227. The third-order valence-electron chi connectivity index (χ3n) is 4.03. The summed E-state index contributed by atoms with van der Waals surface area (Å²) in [7, 11) is 3.44. The fourth-order valence-corrected chi connectivity index (χ4v) is 2.65. The van der Waals surface area contributed by atoms with E-state index in [0.717, 1.165) is 25.9 Å². The topological polar surface area (TPSA) is 49.8 Å². The van der Waals surface area contributed by atoms with Crippen LogP contribution in [-0.4, -0.2) is 48.8 Å². The first-order valence-corrected chi connectivity index (χ1v) is 5.53. The number of hydrogen-bond donors (Lipinski definition) is 1. The van der Waals surface area contributed by atoms with E-state index in [0.29, 0.717) is 12.8 Å². The molecule has 0 atom stereocenters. The van der Waals surface area contributed by atoms with Gasteiger partial charge < -0.3 is 14.7 Å². The molecule has 0 spiro atoms. The Hall–Kier alpha value is -0.610. The molecular formula is C11H19NO3. The molecule has 2 rings (SSSR count). The molecule has 4 heteroatoms. The molecule has 0 unspecified atom stereocenters. The van der Waals surface area contributed by atoms with Crippen LogP contribution >= 0.6 is 0 Å². The number of carbonyl (C=O) groups is 1. The number of rotatable bonds is 2. The molecule has 15 heavy (non-hydrogen) atoms. The van der Waals surface area contributed by atoms with Gasteiger partial charge >= 0.3 is 5.97 Å². The van der Waals surface area contributed by atoms with Crippen molar-refractivity contribution in [2.24, 2.45) is 5.41 Å². The van der Waals surface area contributed by atoms with Gasteiger partial charge in [0.15, 0.2) is 0 Å². The molecule has 0 radical (unpaired) electrons. The molecular weight excluding hydrogens is 194 g/mol. The summed E-state index contributed by atoms with van der Waals surface area (Å²) in [4.78, 5) is 13.9. The van der Waals surface area contributed by atoms with Gasteiger partial charge in [-0.3, -0.25) is 4.79 Å². The van der Waals surface area contributed by atoms with Gasteiger partial charge in [-0.1, -0.05) is 0 Å². The van der Waals surface area contributed by atoms with Gasteiger partial charge in [0, 0.05) is 13.1 Å². The second-order valence-electron chi connectivity index (χ2n) is 4.91. The van der Waals surface area contributed by atoms with Crippen molar-refractivity contribution in [2.75, 3.05) is 27.2 Å². The van der Waals surface area contributed by atoms with Gasteiger partial charge in [0.25, 0.3) is 0 Å². The number of methoxy groups -OCH3 is 1. The number of carbonyl (C=O) groups excluding carboxylic acids is 1. The molecule has 1 aliphatic carbocycles. The van der Waals surface area contributed by atoms with Gasteiger partial charge in [-0.05, 0) is 32.7 Å². The molecule has 0 bridgehead atoms. The fourth-order valence-electron chi connectivity index (χ4n) is 2.65. The number of likely N-dealkylation sites (tertiary alicyclic amines) is 1. The van der Waals surface area contributed by atoms with Crippen molar-refractivity contribution >= 4 is 5.97 Å². The van der Waals surface area contributed by atoms with Crippen LogP contribution in [0.25, 0.3) is 0 Å². The highest BCUT2D eigenvalue weighted by Gasteiger charge is 2.64. The van der Waals surface area contributed by atoms with E-state index in [1.165, 1.54) is 7.11 Å². The van der Waals surface area contributed by atoms with Crippen molar-refractivity contribution in [3.05, 3.63) is 0 Å². The van der Waals surface area contributed by atoms with Crippen molar-refractivity contribution in [2.45, 2.75) is 31.3 Å². The Labute approximate surface area is 90.2 Å². The monoisotopic (exact) mass is 213 g/mol. The van der Waals surface area contributed by atoms with Crippen molar-refractivity contribution in [3.8, 4) is 0 Å². The molecule has 4 nitrogen and oxygen atoms in total. The molecule has 0 aromatic rings. The van der Waals surface area contributed by atoms with Crippen LogP contribution in [-0.2, 0) is 9.53 Å². The number of esters is 1. The Bertz CT molecular complexity index is 265. The Morgan fingerprint density at radius 3 is 2.20 bits per heavy atom. The van der Waals surface area contributed by atoms with Crippen LogP contribution in [0, 0.1) is 5.41 Å². The van der Waals surface area contributed by atoms with Crippen LogP contribution in [0.2, 0.25) is 0 Å². The van der Waals surface area contributed by atoms with Crippen LogP contribution in [0.4, 0.5) is 0 Å². The molecule has 2 aliphatic rings. The van der Waals surface area contributed by atoms with E-state index in [-0.39, 0.29) is 5.97 Å². The average Bonchev–Trinajstić information content (AvgIpc) is 3.03. The zero-order valence-electron chi connectivity index (χ0n) is 9.45. The average molecular weight is 213 g/mol. The van der Waals surface area contributed by atoms with Gasteiger partial charge in [0.1, 0.15) is 0 Å². The minimum atomic E-state index is -0.827. The van der Waals surface area contributed by atoms with Crippen molar-refractivity contribution in [1.82, 2.24) is 4.90 Å². The van der Waals surface area contributed by atoms with E-state index < -0.39 is 11.0 Å². The van der Waals surface area contributed by atoms with Crippen molar-refractivity contribution in [1.29, 1.82) is 0 Å². The highest BCUT2D eigenvalue weighted by molar-refractivity contribution is 5.81. The summed E-state index contributed by atoms with van der Waals surface area (Å²) in [6.07, 6.45) is 2.91. The van der Waals surface area contributed by atoms with Crippen LogP contribution in [0.5, 0.6) is 0 Å². The predicted molar refractivity (Wildman–Crippen MR) is 55.4 cm³/mol. The summed E-state index contributed by atoms with van der Waals surface area (Å²) in [6, 6.07) is 0. The van der Waals surface area contributed by atoms with E-state index >= 15 is 0 Å². The van der Waals surface area contributed by atoms with Gasteiger partial charge in [0.2, 0.25) is 0 Å². The first-order valence-electron chi connectivity index (χ1n) is 5.53. The number of aliphatic hydroxyl groups is 1. The maximum Gasteiger partial charge on any atom is 0.314 e. The Balaban J connectivity index is 2.12. The van der Waals surface area contributed by atoms with Crippen molar-refractivity contribution in [3.63, 3.8) is 0 Å². The third kappa shape index (κ3) is 1.56. The summed E-state index contributed by atoms with van der Waals surface area (Å²) in [5, 5.41) is 10.6. The van der Waals surface area contributed by atoms with Gasteiger partial charge in [-0.25, -0.2) is 0 Å². The standard InChI is InChI=1S/C11H19NO3/c1-12-7-5-11(14,6-8-12)10(3-4-10)9(13)15-2/h14H,3-8H2,1-2H3. The maximum absolute atomic E-state index is 11.7. The fraction of sp³-hybridized carbons (Fsp3) is 0.909. The predicted octanol–water partition coefficient (Wildman–Crippen LogP) is 0.396. The lowest BCUT2D eigenvalue weighted by atomic mass is 9.77. The highest BCUT2D eigenvalue weighted by Crippen LogP contribution is 2.58. The lowest BCUT2D eigenvalue weighted by Gasteiger charge is -2.41. The summed E-state index contributed by atoms with van der Waals surface area (Å²) < 4.78 is 4.81. The quantitative estimate of drug-likeness (QED) is 0.674. The summed E-state index contributed by atoms with van der Waals surface area (Å²) >= 11 is 0. The molecule has 1 saturated carbocycles. The zero-order chi connectivity index (χ0) is 11.1. The van der Waals surface area contributed by atoms with E-state index in [2.05, 4.69) is 4.90 Å². The SMILES string of the molecule is COC(=O)C1(C2(O)CCN(C)CC2)CC1. The maximum atomic E-state index is 11.7. The van der Waals surface area contributed by atoms with Crippen LogP contribution in [0.3, 0.4) is 0 Å². The van der Waals surface area contributed by atoms with Crippen LogP contribution < -0.4 is 0 Å². The number of nitrogens with zero attached hydrogens (tertiary/aromatic N) is 1. The molecule has 0 amide bonds. The van der Waals surface area contributed by atoms with Crippen molar-refractivity contribution < 1.29 is 14.6 Å². The normalized spacial score (nSPS) is 28.5. The van der Waals surface area contributed by atoms with Crippen LogP contribution in [0.1, 0.15) is 25.7 Å². The Kier molecular flexibility index (Phi) is 2.51. The van der Waals surface area contributed by atoms with Gasteiger partial charge in [-0.2, -0.15) is 0 Å². The lowest BCUT2D eigenvalue weighted by Crippen LogP contribution is -2.52. The van der Waals surface area contributed by atoms with E-state index in [1.807, 2.05) is 7.05 Å². The minimum Gasteiger partial charge on any atom is -0.469 e. The minimum absolute atomic E-state index is 0.227. The zero-order valence-corrected chi connectivity index (χ0v) is 9.45. The molecule has 1 saturated heterocycles. The molecule has 86 valence electrons. The molecule has 1 N–H and O–H groups in total. The summed E-state index contributed by atoms with van der Waals surface area (Å²) in [6.45, 7) is 1.71. The van der Waals surface area contributed by atoms with Gasteiger partial charge in [0.05, 0.1) is 18.1 Å². The van der Waals surface area contributed by atoms with E-state index in [9.17, 15) is 9.90 Å². The smallest absolute Gasteiger partial charge is 0.314 e. The second-order valence-corrected chi connectivity index (χ2v) is 4.91. The molecule has 1 aliphatic heterocycles. The largest absolute Gasteiger partial charge is 0.469 e. The Morgan fingerprint density at radius 1 is 1.27 bits per heavy atom. The molecule has 0 aromatic carbocycles. The molecule has 1 heterocycles. The highest BCUT2D eigenvalue weighted by atomic mass is 16.5. The van der Waals surface area contributed by atoms with Gasteiger partial charge in [-0.15, -0.1) is 0 Å². The van der Waals surface area contributed by atoms with E-state index in [4.69, 9.17) is 4.74 Å². The first-order chi connectivity index (χ1) is 7.04. The second kappa shape index (κ2) is 3.46. The number of hydrogen-bond acceptors (Lipinski definition) is 4. The molecule has 2 fully saturated rings.